The SMILES string of the molecule is CCCC(N)C(=O)NC1CCCSC1. The molecule has 0 aliphatic carbocycles. The fourth-order valence-corrected chi connectivity index (χ4v) is 2.68. The van der Waals surface area contributed by atoms with E-state index in [2.05, 4.69) is 5.32 Å². The maximum absolute atomic E-state index is 11.6. The van der Waals surface area contributed by atoms with E-state index in [9.17, 15) is 4.79 Å². The lowest BCUT2D eigenvalue weighted by Crippen LogP contribution is -2.47. The Morgan fingerprint density at radius 1 is 1.71 bits per heavy atom. The molecule has 0 radical (unpaired) electrons. The smallest absolute Gasteiger partial charge is 0.237 e. The molecule has 2 atom stereocenters. The van der Waals surface area contributed by atoms with E-state index < -0.39 is 0 Å². The van der Waals surface area contributed by atoms with Crippen molar-refractivity contribution in [1.29, 1.82) is 0 Å². The first-order chi connectivity index (χ1) is 6.74. The van der Waals surface area contributed by atoms with Crippen molar-refractivity contribution in [1.82, 2.24) is 5.32 Å². The van der Waals surface area contributed by atoms with Crippen LogP contribution in [0.5, 0.6) is 0 Å². The summed E-state index contributed by atoms with van der Waals surface area (Å²) in [4.78, 5) is 11.6. The highest BCUT2D eigenvalue weighted by Gasteiger charge is 2.19. The molecule has 0 saturated carbocycles. The van der Waals surface area contributed by atoms with Gasteiger partial charge in [0.15, 0.2) is 0 Å². The standard InChI is InChI=1S/C10H20N2OS/c1-2-4-9(11)10(13)12-8-5-3-6-14-7-8/h8-9H,2-7,11H2,1H3,(H,12,13). The average Bonchev–Trinajstić information content (AvgIpc) is 2.19. The molecular weight excluding hydrogens is 196 g/mol. The van der Waals surface area contributed by atoms with Gasteiger partial charge in [-0.15, -0.1) is 0 Å². The summed E-state index contributed by atoms with van der Waals surface area (Å²) in [6.45, 7) is 2.05. The summed E-state index contributed by atoms with van der Waals surface area (Å²) in [6.07, 6.45) is 4.07. The highest BCUT2D eigenvalue weighted by Crippen LogP contribution is 2.16. The predicted octanol–water partition coefficient (Wildman–Crippen LogP) is 1.13. The number of nitrogens with two attached hydrogens (primary N) is 1. The van der Waals surface area contributed by atoms with Gasteiger partial charge in [0.1, 0.15) is 0 Å². The lowest BCUT2D eigenvalue weighted by atomic mass is 10.1. The Kier molecular flexibility index (Phi) is 5.33. The fraction of sp³-hybridized carbons (Fsp3) is 0.900. The Balaban J connectivity index is 2.24. The van der Waals surface area contributed by atoms with Gasteiger partial charge in [0.05, 0.1) is 6.04 Å². The number of thioether (sulfide) groups is 1. The maximum atomic E-state index is 11.6. The monoisotopic (exact) mass is 216 g/mol. The number of rotatable bonds is 4. The topological polar surface area (TPSA) is 55.1 Å². The van der Waals surface area contributed by atoms with Crippen molar-refractivity contribution in [2.45, 2.75) is 44.7 Å². The van der Waals surface area contributed by atoms with Gasteiger partial charge in [0, 0.05) is 11.8 Å². The van der Waals surface area contributed by atoms with Gasteiger partial charge in [0.25, 0.3) is 0 Å². The minimum absolute atomic E-state index is 0.0272. The zero-order valence-electron chi connectivity index (χ0n) is 8.79. The van der Waals surface area contributed by atoms with Crippen molar-refractivity contribution in [2.75, 3.05) is 11.5 Å². The predicted molar refractivity (Wildman–Crippen MR) is 61.4 cm³/mol. The summed E-state index contributed by atoms with van der Waals surface area (Å²) in [7, 11) is 0. The van der Waals surface area contributed by atoms with Crippen LogP contribution in [0.15, 0.2) is 0 Å². The molecule has 0 bridgehead atoms. The summed E-state index contributed by atoms with van der Waals surface area (Å²) in [6, 6.07) is 0.0380. The number of nitrogens with one attached hydrogen (secondary N) is 1. The minimum Gasteiger partial charge on any atom is -0.351 e. The van der Waals surface area contributed by atoms with Crippen molar-refractivity contribution in [3.63, 3.8) is 0 Å². The molecule has 1 rings (SSSR count). The summed E-state index contributed by atoms with van der Waals surface area (Å²) in [5.41, 5.74) is 5.73. The van der Waals surface area contributed by atoms with Crippen LogP contribution in [0.1, 0.15) is 32.6 Å². The van der Waals surface area contributed by atoms with Crippen LogP contribution in [0.3, 0.4) is 0 Å². The highest BCUT2D eigenvalue weighted by molar-refractivity contribution is 7.99. The highest BCUT2D eigenvalue weighted by atomic mass is 32.2. The third-order valence-corrected chi connectivity index (χ3v) is 3.66. The molecule has 0 aromatic rings. The molecule has 1 amide bonds. The second-order valence-corrected chi connectivity index (χ2v) is 4.97. The first-order valence-electron chi connectivity index (χ1n) is 5.37. The second kappa shape index (κ2) is 6.30. The molecule has 82 valence electrons. The largest absolute Gasteiger partial charge is 0.351 e. The molecule has 0 aromatic carbocycles. The Hall–Kier alpha value is -0.220. The van der Waals surface area contributed by atoms with E-state index in [4.69, 9.17) is 5.73 Å². The molecule has 3 N–H and O–H groups in total. The van der Waals surface area contributed by atoms with E-state index in [0.29, 0.717) is 6.04 Å². The molecule has 1 saturated heterocycles. The van der Waals surface area contributed by atoms with Crippen molar-refractivity contribution in [2.24, 2.45) is 5.73 Å². The van der Waals surface area contributed by atoms with Crippen molar-refractivity contribution < 1.29 is 4.79 Å². The molecule has 1 aliphatic heterocycles. The third kappa shape index (κ3) is 3.88. The summed E-state index contributed by atoms with van der Waals surface area (Å²) < 4.78 is 0. The van der Waals surface area contributed by atoms with Gasteiger partial charge in [-0.05, 0) is 25.0 Å². The van der Waals surface area contributed by atoms with Gasteiger partial charge in [-0.2, -0.15) is 11.8 Å². The van der Waals surface area contributed by atoms with Crippen LogP contribution >= 0.6 is 11.8 Å². The van der Waals surface area contributed by atoms with E-state index in [1.807, 2.05) is 18.7 Å². The Labute approximate surface area is 90.2 Å². The van der Waals surface area contributed by atoms with E-state index in [0.717, 1.165) is 25.0 Å². The summed E-state index contributed by atoms with van der Waals surface area (Å²) in [5, 5.41) is 3.02. The number of hydrogen-bond donors (Lipinski definition) is 2. The van der Waals surface area contributed by atoms with Gasteiger partial charge in [0.2, 0.25) is 5.91 Å². The van der Waals surface area contributed by atoms with E-state index in [1.165, 1.54) is 12.2 Å². The van der Waals surface area contributed by atoms with Crippen molar-refractivity contribution in [3.05, 3.63) is 0 Å². The lowest BCUT2D eigenvalue weighted by Gasteiger charge is -2.23. The number of amides is 1. The van der Waals surface area contributed by atoms with Crippen LogP contribution in [0.2, 0.25) is 0 Å². The lowest BCUT2D eigenvalue weighted by molar-refractivity contribution is -0.123. The Bertz CT molecular complexity index is 181. The van der Waals surface area contributed by atoms with Crippen molar-refractivity contribution in [3.8, 4) is 0 Å². The van der Waals surface area contributed by atoms with Crippen LogP contribution in [0.4, 0.5) is 0 Å². The Morgan fingerprint density at radius 2 is 2.50 bits per heavy atom. The molecular formula is C10H20N2OS. The summed E-state index contributed by atoms with van der Waals surface area (Å²) in [5.74, 6) is 2.30. The van der Waals surface area contributed by atoms with E-state index >= 15 is 0 Å². The maximum Gasteiger partial charge on any atom is 0.237 e. The molecule has 3 nitrogen and oxygen atoms in total. The third-order valence-electron chi connectivity index (χ3n) is 2.44. The Morgan fingerprint density at radius 3 is 3.07 bits per heavy atom. The molecule has 1 aliphatic rings. The molecule has 4 heteroatoms. The van der Waals surface area contributed by atoms with Gasteiger partial charge in [-0.1, -0.05) is 13.3 Å². The zero-order valence-corrected chi connectivity index (χ0v) is 9.61. The first kappa shape index (κ1) is 11.9. The molecule has 0 spiro atoms. The van der Waals surface area contributed by atoms with E-state index in [-0.39, 0.29) is 11.9 Å². The molecule has 0 aromatic heterocycles. The van der Waals surface area contributed by atoms with Crippen LogP contribution in [0, 0.1) is 0 Å². The molecule has 1 heterocycles. The minimum atomic E-state index is -0.313. The number of hydrogen-bond acceptors (Lipinski definition) is 3. The van der Waals surface area contributed by atoms with E-state index in [1.54, 1.807) is 0 Å². The molecule has 1 fully saturated rings. The van der Waals surface area contributed by atoms with Gasteiger partial charge < -0.3 is 11.1 Å². The molecule has 2 unspecified atom stereocenters. The van der Waals surface area contributed by atoms with Crippen LogP contribution in [-0.4, -0.2) is 29.5 Å². The first-order valence-corrected chi connectivity index (χ1v) is 6.53. The van der Waals surface area contributed by atoms with Gasteiger partial charge >= 0.3 is 0 Å². The zero-order chi connectivity index (χ0) is 10.4. The number of carbonyl (C=O) groups excluding carboxylic acids is 1. The summed E-state index contributed by atoms with van der Waals surface area (Å²) >= 11 is 1.91. The average molecular weight is 216 g/mol. The number of carbonyl (C=O) groups is 1. The van der Waals surface area contributed by atoms with Crippen molar-refractivity contribution >= 4 is 17.7 Å². The quantitative estimate of drug-likeness (QED) is 0.740. The van der Waals surface area contributed by atoms with Crippen LogP contribution in [0.25, 0.3) is 0 Å². The van der Waals surface area contributed by atoms with Crippen LogP contribution < -0.4 is 11.1 Å². The van der Waals surface area contributed by atoms with Gasteiger partial charge in [-0.25, -0.2) is 0 Å². The normalized spacial score (nSPS) is 24.3. The van der Waals surface area contributed by atoms with Crippen LogP contribution in [-0.2, 0) is 4.79 Å². The van der Waals surface area contributed by atoms with Gasteiger partial charge in [-0.3, -0.25) is 4.79 Å². The second-order valence-electron chi connectivity index (χ2n) is 3.82. The molecule has 14 heavy (non-hydrogen) atoms. The fourth-order valence-electron chi connectivity index (χ4n) is 1.60.